The molecular weight excluding hydrogens is 216 g/mol. The minimum absolute atomic E-state index is 0.917. The van der Waals surface area contributed by atoms with Crippen LogP contribution in [-0.4, -0.2) is 0 Å². The van der Waals surface area contributed by atoms with Gasteiger partial charge in [-0.05, 0) is 73.0 Å². The van der Waals surface area contributed by atoms with Crippen molar-refractivity contribution in [2.24, 2.45) is 0 Å². The van der Waals surface area contributed by atoms with E-state index in [4.69, 9.17) is 0 Å². The monoisotopic (exact) mass is 240 g/mol. The van der Waals surface area contributed by atoms with Crippen LogP contribution in [0.4, 0.5) is 0 Å². The normalized spacial score (nSPS) is 25.3. The van der Waals surface area contributed by atoms with Gasteiger partial charge in [-0.25, -0.2) is 0 Å². The summed E-state index contributed by atoms with van der Waals surface area (Å²) in [5.41, 5.74) is 5.35. The van der Waals surface area contributed by atoms with Crippen LogP contribution in [0.5, 0.6) is 0 Å². The van der Waals surface area contributed by atoms with Gasteiger partial charge in [0.25, 0.3) is 0 Å². The zero-order valence-electron chi connectivity index (χ0n) is 11.3. The highest BCUT2D eigenvalue weighted by Crippen LogP contribution is 2.50. The van der Waals surface area contributed by atoms with E-state index in [9.17, 15) is 0 Å². The van der Waals surface area contributed by atoms with E-state index in [1.807, 2.05) is 5.56 Å². The maximum absolute atomic E-state index is 2.46. The summed E-state index contributed by atoms with van der Waals surface area (Å²) in [6, 6.07) is 7.27. The molecule has 3 fully saturated rings. The maximum Gasteiger partial charge on any atom is -0.0156 e. The lowest BCUT2D eigenvalue weighted by molar-refractivity contribution is 0.370. The Morgan fingerprint density at radius 2 is 1.06 bits per heavy atom. The number of rotatable bonds is 3. The van der Waals surface area contributed by atoms with Crippen LogP contribution in [-0.2, 0) is 0 Å². The standard InChI is InChI=1S/C18H24/c1-5-13(6-1)16-11-4-12-17(14-7-2-8-14)18(16)15-9-3-10-15/h4,11-15H,1-3,5-10H2. The van der Waals surface area contributed by atoms with Gasteiger partial charge in [0.2, 0.25) is 0 Å². The van der Waals surface area contributed by atoms with Crippen molar-refractivity contribution >= 4 is 0 Å². The SMILES string of the molecule is c1cc(C2CCC2)c(C2CCC2)c(C2CCC2)c1. The second kappa shape index (κ2) is 4.40. The van der Waals surface area contributed by atoms with E-state index < -0.39 is 0 Å². The molecule has 3 aliphatic rings. The van der Waals surface area contributed by atoms with Gasteiger partial charge in [-0.3, -0.25) is 0 Å². The van der Waals surface area contributed by atoms with Gasteiger partial charge < -0.3 is 0 Å². The average molecular weight is 240 g/mol. The summed E-state index contributed by atoms with van der Waals surface area (Å²) in [5, 5.41) is 0. The van der Waals surface area contributed by atoms with Crippen molar-refractivity contribution < 1.29 is 0 Å². The van der Waals surface area contributed by atoms with E-state index in [-0.39, 0.29) is 0 Å². The Hall–Kier alpha value is -0.780. The predicted molar refractivity (Wildman–Crippen MR) is 76.2 cm³/mol. The third-order valence-corrected chi connectivity index (χ3v) is 5.78. The lowest BCUT2D eigenvalue weighted by Crippen LogP contribution is -2.21. The Morgan fingerprint density at radius 3 is 1.39 bits per heavy atom. The van der Waals surface area contributed by atoms with Gasteiger partial charge in [0.05, 0.1) is 0 Å². The first-order valence-corrected chi connectivity index (χ1v) is 8.06. The molecule has 0 atom stereocenters. The minimum Gasteiger partial charge on any atom is -0.0617 e. The van der Waals surface area contributed by atoms with Crippen molar-refractivity contribution in [3.8, 4) is 0 Å². The van der Waals surface area contributed by atoms with E-state index in [0.717, 1.165) is 17.8 Å². The fourth-order valence-electron chi connectivity index (χ4n) is 3.92. The zero-order valence-corrected chi connectivity index (χ0v) is 11.3. The van der Waals surface area contributed by atoms with Crippen molar-refractivity contribution in [2.45, 2.75) is 75.5 Å². The van der Waals surface area contributed by atoms with Crippen LogP contribution in [0.2, 0.25) is 0 Å². The topological polar surface area (TPSA) is 0 Å². The first-order chi connectivity index (χ1) is 8.93. The first-order valence-electron chi connectivity index (χ1n) is 8.06. The molecule has 0 heterocycles. The number of hydrogen-bond acceptors (Lipinski definition) is 0. The van der Waals surface area contributed by atoms with Gasteiger partial charge in [-0.1, -0.05) is 37.5 Å². The summed E-state index contributed by atoms with van der Waals surface area (Å²) < 4.78 is 0. The molecule has 96 valence electrons. The van der Waals surface area contributed by atoms with E-state index in [1.165, 1.54) is 57.8 Å². The summed E-state index contributed by atoms with van der Waals surface area (Å²) in [7, 11) is 0. The molecule has 0 aromatic heterocycles. The molecule has 0 spiro atoms. The maximum atomic E-state index is 2.46. The van der Waals surface area contributed by atoms with Crippen LogP contribution in [0, 0.1) is 0 Å². The van der Waals surface area contributed by atoms with Crippen LogP contribution in [0.15, 0.2) is 18.2 Å². The van der Waals surface area contributed by atoms with Crippen molar-refractivity contribution in [2.75, 3.05) is 0 Å². The molecule has 0 saturated heterocycles. The van der Waals surface area contributed by atoms with Crippen LogP contribution in [0.1, 0.15) is 92.2 Å². The highest BCUT2D eigenvalue weighted by atomic mass is 14.4. The Morgan fingerprint density at radius 1 is 0.611 bits per heavy atom. The molecule has 0 aliphatic heterocycles. The van der Waals surface area contributed by atoms with E-state index in [2.05, 4.69) is 18.2 Å². The van der Waals surface area contributed by atoms with E-state index in [1.54, 1.807) is 11.1 Å². The van der Waals surface area contributed by atoms with Crippen molar-refractivity contribution in [3.63, 3.8) is 0 Å². The lowest BCUT2D eigenvalue weighted by Gasteiger charge is -2.38. The number of hydrogen-bond donors (Lipinski definition) is 0. The summed E-state index contributed by atoms with van der Waals surface area (Å²) in [6.45, 7) is 0. The fraction of sp³-hybridized carbons (Fsp3) is 0.667. The van der Waals surface area contributed by atoms with Crippen LogP contribution in [0.3, 0.4) is 0 Å². The molecule has 0 amide bonds. The van der Waals surface area contributed by atoms with Gasteiger partial charge in [-0.15, -0.1) is 0 Å². The molecule has 0 radical (unpaired) electrons. The van der Waals surface area contributed by atoms with Crippen LogP contribution in [0.25, 0.3) is 0 Å². The van der Waals surface area contributed by atoms with Crippen molar-refractivity contribution in [1.29, 1.82) is 0 Å². The Balaban J connectivity index is 1.75. The second-order valence-corrected chi connectivity index (χ2v) is 6.73. The fourth-order valence-corrected chi connectivity index (χ4v) is 3.92. The smallest absolute Gasteiger partial charge is 0.0156 e. The molecule has 0 unspecified atom stereocenters. The molecule has 0 bridgehead atoms. The third kappa shape index (κ3) is 1.65. The molecule has 0 heteroatoms. The largest absolute Gasteiger partial charge is 0.0617 e. The van der Waals surface area contributed by atoms with Gasteiger partial charge in [0.1, 0.15) is 0 Å². The lowest BCUT2D eigenvalue weighted by atomic mass is 9.67. The van der Waals surface area contributed by atoms with E-state index >= 15 is 0 Å². The summed E-state index contributed by atoms with van der Waals surface area (Å²) in [5.74, 6) is 2.76. The zero-order chi connectivity index (χ0) is 11.9. The van der Waals surface area contributed by atoms with Gasteiger partial charge in [0, 0.05) is 0 Å². The second-order valence-electron chi connectivity index (χ2n) is 6.73. The highest BCUT2D eigenvalue weighted by molar-refractivity contribution is 5.44. The summed E-state index contributed by atoms with van der Waals surface area (Å²) in [6.07, 6.45) is 13.1. The van der Waals surface area contributed by atoms with Crippen molar-refractivity contribution in [3.05, 3.63) is 34.9 Å². The molecular formula is C18H24. The van der Waals surface area contributed by atoms with Gasteiger partial charge >= 0.3 is 0 Å². The average Bonchev–Trinajstić information content (AvgIpc) is 2.14. The van der Waals surface area contributed by atoms with Crippen LogP contribution >= 0.6 is 0 Å². The van der Waals surface area contributed by atoms with Crippen LogP contribution < -0.4 is 0 Å². The molecule has 1 aromatic rings. The van der Waals surface area contributed by atoms with E-state index in [0.29, 0.717) is 0 Å². The minimum atomic E-state index is 0.917. The summed E-state index contributed by atoms with van der Waals surface area (Å²) >= 11 is 0. The Labute approximate surface area is 111 Å². The first kappa shape index (κ1) is 11.1. The molecule has 18 heavy (non-hydrogen) atoms. The van der Waals surface area contributed by atoms with Crippen molar-refractivity contribution in [1.82, 2.24) is 0 Å². The molecule has 1 aromatic carbocycles. The van der Waals surface area contributed by atoms with Gasteiger partial charge in [-0.2, -0.15) is 0 Å². The third-order valence-electron chi connectivity index (χ3n) is 5.78. The molecule has 0 N–H and O–H groups in total. The molecule has 3 saturated carbocycles. The summed E-state index contributed by atoms with van der Waals surface area (Å²) in [4.78, 5) is 0. The quantitative estimate of drug-likeness (QED) is 0.655. The highest BCUT2D eigenvalue weighted by Gasteiger charge is 2.32. The molecule has 0 nitrogen and oxygen atoms in total. The molecule has 3 aliphatic carbocycles. The predicted octanol–water partition coefficient (Wildman–Crippen LogP) is 5.49. The molecule has 4 rings (SSSR count). The number of benzene rings is 1. The Bertz CT molecular complexity index is 401. The Kier molecular flexibility index (Phi) is 2.71. The van der Waals surface area contributed by atoms with Gasteiger partial charge in [0.15, 0.2) is 0 Å².